The molecule has 2 aliphatic heterocycles. The van der Waals surface area contributed by atoms with Crippen molar-refractivity contribution in [2.45, 2.75) is 19.3 Å². The molecule has 0 unspecified atom stereocenters. The summed E-state index contributed by atoms with van der Waals surface area (Å²) in [6.45, 7) is 4.87. The number of hydrogen-bond donors (Lipinski definition) is 1. The molecule has 0 radical (unpaired) electrons. The van der Waals surface area contributed by atoms with Crippen LogP contribution in [0.5, 0.6) is 0 Å². The fraction of sp³-hybridized carbons (Fsp3) is 0.667. The third-order valence-electron chi connectivity index (χ3n) is 5.56. The van der Waals surface area contributed by atoms with Gasteiger partial charge in [0.1, 0.15) is 12.3 Å². The Morgan fingerprint density at radius 1 is 1.16 bits per heavy atom. The number of nitrogens with zero attached hydrogens (tertiary/aromatic N) is 4. The first-order chi connectivity index (χ1) is 14.5. The predicted molar refractivity (Wildman–Crippen MR) is 129 cm³/mol. The van der Waals surface area contributed by atoms with Crippen molar-refractivity contribution in [3.63, 3.8) is 0 Å². The summed E-state index contributed by atoms with van der Waals surface area (Å²) in [6, 6.07) is 3.81. The van der Waals surface area contributed by atoms with Crippen molar-refractivity contribution < 1.29 is 18.7 Å². The van der Waals surface area contributed by atoms with E-state index in [0.717, 1.165) is 38.1 Å². The van der Waals surface area contributed by atoms with Gasteiger partial charge in [0.15, 0.2) is 5.96 Å². The Labute approximate surface area is 201 Å². The number of amides is 2. The number of likely N-dealkylation sites (tertiary alicyclic amines) is 1. The molecule has 1 aromatic heterocycles. The minimum Gasteiger partial charge on any atom is -0.469 e. The average molecular weight is 547 g/mol. The first-order valence-electron chi connectivity index (χ1n) is 10.7. The maximum atomic E-state index is 12.8. The van der Waals surface area contributed by atoms with E-state index in [0.29, 0.717) is 38.8 Å². The standard InChI is InChI=1S/C21H33N5O4.HI/c1-24(2)19(27)16-23-21(22-8-5-18-4-3-13-30-18)26-9-6-17(7-10-26)20(28)25-11-14-29-15-12-25;/h3-4,13,17H,5-12,14-16H2,1-2H3,(H,22,23);1H. The monoisotopic (exact) mass is 547 g/mol. The molecule has 3 heterocycles. The summed E-state index contributed by atoms with van der Waals surface area (Å²) >= 11 is 0. The molecule has 1 aromatic rings. The Morgan fingerprint density at radius 2 is 1.87 bits per heavy atom. The highest BCUT2D eigenvalue weighted by Gasteiger charge is 2.30. The number of aliphatic imine (C=N–C) groups is 1. The molecule has 2 aliphatic rings. The van der Waals surface area contributed by atoms with Gasteiger partial charge in [0.05, 0.1) is 19.5 Å². The van der Waals surface area contributed by atoms with Gasteiger partial charge in [-0.25, -0.2) is 4.99 Å². The van der Waals surface area contributed by atoms with E-state index in [4.69, 9.17) is 9.15 Å². The smallest absolute Gasteiger partial charge is 0.243 e. The number of hydrogen-bond acceptors (Lipinski definition) is 5. The summed E-state index contributed by atoms with van der Waals surface area (Å²) in [5.74, 6) is 1.87. The van der Waals surface area contributed by atoms with Gasteiger partial charge < -0.3 is 29.2 Å². The van der Waals surface area contributed by atoms with Crippen LogP contribution < -0.4 is 5.32 Å². The number of carbonyl (C=O) groups excluding carboxylic acids is 2. The fourth-order valence-corrected chi connectivity index (χ4v) is 3.68. The van der Waals surface area contributed by atoms with Gasteiger partial charge in [0.25, 0.3) is 0 Å². The number of furan rings is 1. The van der Waals surface area contributed by atoms with Crippen molar-refractivity contribution in [3.8, 4) is 0 Å². The molecule has 2 saturated heterocycles. The summed E-state index contributed by atoms with van der Waals surface area (Å²) in [6.07, 6.45) is 3.98. The minimum atomic E-state index is -0.0438. The number of halogens is 1. The molecular weight excluding hydrogens is 513 g/mol. The highest BCUT2D eigenvalue weighted by atomic mass is 127. The van der Waals surface area contributed by atoms with Crippen molar-refractivity contribution in [2.24, 2.45) is 10.9 Å². The van der Waals surface area contributed by atoms with E-state index in [1.807, 2.05) is 17.0 Å². The molecule has 10 heteroatoms. The van der Waals surface area contributed by atoms with E-state index in [9.17, 15) is 9.59 Å². The number of piperidine rings is 1. The first kappa shape index (κ1) is 25.4. The van der Waals surface area contributed by atoms with Crippen LogP contribution >= 0.6 is 24.0 Å². The number of morpholine rings is 1. The van der Waals surface area contributed by atoms with Crippen molar-refractivity contribution in [1.29, 1.82) is 0 Å². The molecule has 174 valence electrons. The third kappa shape index (κ3) is 7.67. The maximum Gasteiger partial charge on any atom is 0.243 e. The van der Waals surface area contributed by atoms with Gasteiger partial charge in [-0.1, -0.05) is 0 Å². The second kappa shape index (κ2) is 12.9. The van der Waals surface area contributed by atoms with Crippen LogP contribution in [0.4, 0.5) is 0 Å². The molecule has 0 bridgehead atoms. The molecule has 3 rings (SSSR count). The summed E-state index contributed by atoms with van der Waals surface area (Å²) in [7, 11) is 3.45. The second-order valence-corrected chi connectivity index (χ2v) is 7.88. The molecule has 0 aromatic carbocycles. The molecule has 2 fully saturated rings. The highest BCUT2D eigenvalue weighted by molar-refractivity contribution is 14.0. The van der Waals surface area contributed by atoms with Gasteiger partial charge in [0.2, 0.25) is 11.8 Å². The summed E-state index contributed by atoms with van der Waals surface area (Å²) in [5, 5.41) is 3.36. The predicted octanol–water partition coefficient (Wildman–Crippen LogP) is 1.04. The Kier molecular flexibility index (Phi) is 10.6. The number of carbonyl (C=O) groups is 2. The Balaban J connectivity index is 0.00000341. The van der Waals surface area contributed by atoms with Gasteiger partial charge in [-0.3, -0.25) is 9.59 Å². The molecule has 0 spiro atoms. The number of guanidine groups is 1. The van der Waals surface area contributed by atoms with Crippen LogP contribution in [0.15, 0.2) is 27.8 Å². The lowest BCUT2D eigenvalue weighted by Crippen LogP contribution is -2.50. The average Bonchev–Trinajstić information content (AvgIpc) is 3.29. The van der Waals surface area contributed by atoms with E-state index >= 15 is 0 Å². The second-order valence-electron chi connectivity index (χ2n) is 7.88. The van der Waals surface area contributed by atoms with Gasteiger partial charge in [-0.15, -0.1) is 24.0 Å². The van der Waals surface area contributed by atoms with E-state index in [1.165, 1.54) is 4.90 Å². The molecule has 0 aliphatic carbocycles. The third-order valence-corrected chi connectivity index (χ3v) is 5.56. The topological polar surface area (TPSA) is 90.6 Å². The van der Waals surface area contributed by atoms with Crippen LogP contribution in [0.25, 0.3) is 0 Å². The van der Waals surface area contributed by atoms with E-state index in [2.05, 4.69) is 15.2 Å². The molecule has 0 atom stereocenters. The highest BCUT2D eigenvalue weighted by Crippen LogP contribution is 2.20. The zero-order chi connectivity index (χ0) is 21.3. The minimum absolute atomic E-state index is 0. The van der Waals surface area contributed by atoms with Crippen LogP contribution in [0, 0.1) is 5.92 Å². The number of nitrogens with one attached hydrogen (secondary N) is 1. The van der Waals surface area contributed by atoms with Crippen molar-refractivity contribution in [2.75, 3.05) is 66.6 Å². The number of likely N-dealkylation sites (N-methyl/N-ethyl adjacent to an activating group) is 1. The van der Waals surface area contributed by atoms with Crippen LogP contribution in [0.2, 0.25) is 0 Å². The van der Waals surface area contributed by atoms with Gasteiger partial charge in [-0.2, -0.15) is 0 Å². The zero-order valence-corrected chi connectivity index (χ0v) is 20.7. The normalized spacial score (nSPS) is 17.8. The van der Waals surface area contributed by atoms with Gasteiger partial charge >= 0.3 is 0 Å². The van der Waals surface area contributed by atoms with Crippen molar-refractivity contribution >= 4 is 41.8 Å². The summed E-state index contributed by atoms with van der Waals surface area (Å²) in [4.78, 5) is 34.9. The number of rotatable bonds is 6. The Morgan fingerprint density at radius 3 is 2.48 bits per heavy atom. The fourth-order valence-electron chi connectivity index (χ4n) is 3.68. The van der Waals surface area contributed by atoms with Gasteiger partial charge in [0, 0.05) is 59.2 Å². The largest absolute Gasteiger partial charge is 0.469 e. The van der Waals surface area contributed by atoms with E-state index in [1.54, 1.807) is 20.4 Å². The summed E-state index contributed by atoms with van der Waals surface area (Å²) in [5.41, 5.74) is 0. The van der Waals surface area contributed by atoms with Crippen molar-refractivity contribution in [3.05, 3.63) is 24.2 Å². The molecule has 31 heavy (non-hydrogen) atoms. The lowest BCUT2D eigenvalue weighted by molar-refractivity contribution is -0.140. The maximum absolute atomic E-state index is 12.8. The summed E-state index contributed by atoms with van der Waals surface area (Å²) < 4.78 is 10.7. The molecule has 0 saturated carbocycles. The van der Waals surface area contributed by atoms with E-state index < -0.39 is 0 Å². The molecular formula is C21H34IN5O4. The lowest BCUT2D eigenvalue weighted by Gasteiger charge is -2.36. The SMILES string of the molecule is CN(C)C(=O)CN=C(NCCc1ccco1)N1CCC(C(=O)N2CCOCC2)CC1.I. The first-order valence-corrected chi connectivity index (χ1v) is 10.7. The lowest BCUT2D eigenvalue weighted by atomic mass is 9.95. The van der Waals surface area contributed by atoms with E-state index in [-0.39, 0.29) is 48.3 Å². The number of ether oxygens (including phenoxy) is 1. The van der Waals surface area contributed by atoms with Crippen LogP contribution in [-0.4, -0.2) is 99.1 Å². The Bertz CT molecular complexity index is 711. The van der Waals surface area contributed by atoms with Crippen molar-refractivity contribution in [1.82, 2.24) is 20.0 Å². The van der Waals surface area contributed by atoms with Crippen LogP contribution in [0.1, 0.15) is 18.6 Å². The van der Waals surface area contributed by atoms with Gasteiger partial charge in [-0.05, 0) is 25.0 Å². The quantitative estimate of drug-likeness (QED) is 0.326. The Hall–Kier alpha value is -1.82. The van der Waals surface area contributed by atoms with Crippen LogP contribution in [0.3, 0.4) is 0 Å². The zero-order valence-electron chi connectivity index (χ0n) is 18.4. The molecule has 2 amide bonds. The molecule has 1 N–H and O–H groups in total. The van der Waals surface area contributed by atoms with Crippen LogP contribution in [-0.2, 0) is 20.7 Å². The molecule has 9 nitrogen and oxygen atoms in total.